The molecule has 0 spiro atoms. The van der Waals surface area contributed by atoms with Gasteiger partial charge in [0, 0.05) is 6.54 Å². The third-order valence-electron chi connectivity index (χ3n) is 2.84. The van der Waals surface area contributed by atoms with Crippen LogP contribution in [0.25, 0.3) is 0 Å². The molecule has 0 radical (unpaired) electrons. The van der Waals surface area contributed by atoms with Crippen LogP contribution in [0, 0.1) is 0 Å². The van der Waals surface area contributed by atoms with Gasteiger partial charge in [0.05, 0.1) is 0 Å². The Morgan fingerprint density at radius 1 is 1.27 bits per heavy atom. The number of fused-ring (bicyclic) bond motifs is 1. The third-order valence-corrected chi connectivity index (χ3v) is 2.98. The summed E-state index contributed by atoms with van der Waals surface area (Å²) in [5, 5.41) is 2.10. The van der Waals surface area contributed by atoms with Gasteiger partial charge in [-0.2, -0.15) is 0 Å². The number of hydrogen-bond acceptors (Lipinski definition) is 1. The van der Waals surface area contributed by atoms with Gasteiger partial charge in [0.1, 0.15) is 0 Å². The average molecular weight is 224 g/mol. The highest BCUT2D eigenvalue weighted by Crippen LogP contribution is 2.22. The van der Waals surface area contributed by atoms with Gasteiger partial charge in [0.25, 0.3) is 0 Å². The van der Waals surface area contributed by atoms with Gasteiger partial charge in [-0.3, -0.25) is 4.79 Å². The van der Waals surface area contributed by atoms with Crippen LogP contribution in [-0.2, 0) is 19.4 Å². The van der Waals surface area contributed by atoms with Crippen molar-refractivity contribution in [3.63, 3.8) is 0 Å². The summed E-state index contributed by atoms with van der Waals surface area (Å²) >= 11 is 5.22. The zero-order valence-electron chi connectivity index (χ0n) is 8.55. The Hall–Kier alpha value is -1.02. The molecule has 2 rings (SSSR count). The maximum absolute atomic E-state index is 10.6. The van der Waals surface area contributed by atoms with Crippen molar-refractivity contribution >= 4 is 17.0 Å². The van der Waals surface area contributed by atoms with E-state index in [1.165, 1.54) is 30.4 Å². The third kappa shape index (κ3) is 2.72. The largest absolute Gasteiger partial charge is 0.339 e. The lowest BCUT2D eigenvalue weighted by atomic mass is 9.90. The second-order valence-corrected chi connectivity index (χ2v) is 4.28. The van der Waals surface area contributed by atoms with Crippen LogP contribution in [0.2, 0.25) is 0 Å². The Labute approximate surface area is 94.6 Å². The van der Waals surface area contributed by atoms with E-state index in [1.807, 2.05) is 0 Å². The number of amides is 1. The molecule has 2 nitrogen and oxygen atoms in total. The summed E-state index contributed by atoms with van der Waals surface area (Å²) in [4.78, 5) is 10.6. The van der Waals surface area contributed by atoms with E-state index in [9.17, 15) is 4.79 Å². The van der Waals surface area contributed by atoms with Crippen molar-refractivity contribution in [2.75, 3.05) is 0 Å². The minimum absolute atomic E-state index is 0.493. The number of halogens is 1. The summed E-state index contributed by atoms with van der Waals surface area (Å²) < 4.78 is 0. The average Bonchev–Trinajstić information content (AvgIpc) is 2.26. The Bertz CT molecular complexity index is 376. The zero-order chi connectivity index (χ0) is 10.7. The van der Waals surface area contributed by atoms with Crippen molar-refractivity contribution in [3.8, 4) is 0 Å². The Kier molecular flexibility index (Phi) is 3.27. The highest BCUT2D eigenvalue weighted by atomic mass is 35.5. The van der Waals surface area contributed by atoms with Gasteiger partial charge in [0.2, 0.25) is 0 Å². The van der Waals surface area contributed by atoms with E-state index in [1.54, 1.807) is 0 Å². The van der Waals surface area contributed by atoms with Gasteiger partial charge >= 0.3 is 5.37 Å². The second kappa shape index (κ2) is 4.67. The summed E-state index contributed by atoms with van der Waals surface area (Å²) in [6, 6.07) is 6.42. The highest BCUT2D eigenvalue weighted by Gasteiger charge is 2.09. The molecule has 0 aromatic heterocycles. The molecule has 0 unspecified atom stereocenters. The maximum atomic E-state index is 10.6. The first-order valence-electron chi connectivity index (χ1n) is 5.30. The Balaban J connectivity index is 2.10. The lowest BCUT2D eigenvalue weighted by molar-refractivity contribution is 0.259. The van der Waals surface area contributed by atoms with Crippen LogP contribution in [0.4, 0.5) is 4.79 Å². The van der Waals surface area contributed by atoms with Gasteiger partial charge in [-0.15, -0.1) is 0 Å². The SMILES string of the molecule is O=C(Cl)NCc1ccc2c(c1)CCCC2. The van der Waals surface area contributed by atoms with Gasteiger partial charge in [-0.05, 0) is 54.0 Å². The molecule has 1 aliphatic carbocycles. The van der Waals surface area contributed by atoms with Crippen LogP contribution in [0.1, 0.15) is 29.5 Å². The summed E-state index contributed by atoms with van der Waals surface area (Å²) in [5.41, 5.74) is 4.02. The monoisotopic (exact) mass is 223 g/mol. The molecule has 15 heavy (non-hydrogen) atoms. The van der Waals surface area contributed by atoms with Gasteiger partial charge in [-0.25, -0.2) is 0 Å². The summed E-state index contributed by atoms with van der Waals surface area (Å²) in [6.45, 7) is 0.523. The van der Waals surface area contributed by atoms with E-state index in [2.05, 4.69) is 23.5 Å². The molecule has 80 valence electrons. The fourth-order valence-electron chi connectivity index (χ4n) is 2.07. The predicted octanol–water partition coefficient (Wildman–Crippen LogP) is 3.01. The molecule has 1 aromatic rings. The van der Waals surface area contributed by atoms with Crippen LogP contribution in [0.3, 0.4) is 0 Å². The van der Waals surface area contributed by atoms with E-state index in [0.29, 0.717) is 6.54 Å². The van der Waals surface area contributed by atoms with Crippen molar-refractivity contribution in [2.24, 2.45) is 0 Å². The highest BCUT2D eigenvalue weighted by molar-refractivity contribution is 6.62. The number of benzene rings is 1. The summed E-state index contributed by atoms with van der Waals surface area (Å²) in [5.74, 6) is 0. The lowest BCUT2D eigenvalue weighted by Gasteiger charge is -2.16. The summed E-state index contributed by atoms with van der Waals surface area (Å²) in [7, 11) is 0. The molecular formula is C12H14ClNO. The maximum Gasteiger partial charge on any atom is 0.314 e. The van der Waals surface area contributed by atoms with E-state index >= 15 is 0 Å². The molecule has 3 heteroatoms. The van der Waals surface area contributed by atoms with Crippen LogP contribution in [0.15, 0.2) is 18.2 Å². The van der Waals surface area contributed by atoms with E-state index in [-0.39, 0.29) is 0 Å². The summed E-state index contributed by atoms with van der Waals surface area (Å²) in [6.07, 6.45) is 4.93. The van der Waals surface area contributed by atoms with Crippen molar-refractivity contribution in [2.45, 2.75) is 32.2 Å². The van der Waals surface area contributed by atoms with E-state index in [4.69, 9.17) is 11.6 Å². The minimum Gasteiger partial charge on any atom is -0.339 e. The van der Waals surface area contributed by atoms with Crippen LogP contribution >= 0.6 is 11.6 Å². The molecule has 0 heterocycles. The van der Waals surface area contributed by atoms with Crippen LogP contribution in [-0.4, -0.2) is 5.37 Å². The number of rotatable bonds is 2. The van der Waals surface area contributed by atoms with Crippen molar-refractivity contribution in [3.05, 3.63) is 34.9 Å². The number of carbonyl (C=O) groups is 1. The Morgan fingerprint density at radius 3 is 2.73 bits per heavy atom. The standard InChI is InChI=1S/C12H14ClNO/c13-12(15)14-8-9-5-6-10-3-1-2-4-11(10)7-9/h5-7H,1-4,8H2,(H,14,15). The molecule has 1 aromatic carbocycles. The van der Waals surface area contributed by atoms with Crippen molar-refractivity contribution < 1.29 is 4.79 Å². The smallest absolute Gasteiger partial charge is 0.314 e. The molecule has 0 bridgehead atoms. The molecule has 1 aliphatic rings. The number of hydrogen-bond donors (Lipinski definition) is 1. The molecule has 0 fully saturated rings. The number of aryl methyl sites for hydroxylation is 2. The normalized spacial score (nSPS) is 14.5. The van der Waals surface area contributed by atoms with Crippen molar-refractivity contribution in [1.29, 1.82) is 0 Å². The number of nitrogens with one attached hydrogen (secondary N) is 1. The lowest BCUT2D eigenvalue weighted by Crippen LogP contribution is -2.16. The minimum atomic E-state index is -0.493. The topological polar surface area (TPSA) is 29.1 Å². The van der Waals surface area contributed by atoms with Crippen LogP contribution < -0.4 is 5.32 Å². The Morgan fingerprint density at radius 2 is 2.00 bits per heavy atom. The van der Waals surface area contributed by atoms with Gasteiger partial charge in [0.15, 0.2) is 0 Å². The van der Waals surface area contributed by atoms with E-state index in [0.717, 1.165) is 12.0 Å². The first kappa shape index (κ1) is 10.5. The molecule has 0 saturated heterocycles. The predicted molar refractivity (Wildman–Crippen MR) is 61.2 cm³/mol. The second-order valence-electron chi connectivity index (χ2n) is 3.94. The van der Waals surface area contributed by atoms with Crippen LogP contribution in [0.5, 0.6) is 0 Å². The van der Waals surface area contributed by atoms with Gasteiger partial charge < -0.3 is 5.32 Å². The quantitative estimate of drug-likeness (QED) is 0.606. The molecule has 0 saturated carbocycles. The van der Waals surface area contributed by atoms with Crippen molar-refractivity contribution in [1.82, 2.24) is 5.32 Å². The molecule has 0 atom stereocenters. The first-order chi connectivity index (χ1) is 7.25. The molecular weight excluding hydrogens is 210 g/mol. The first-order valence-corrected chi connectivity index (χ1v) is 5.67. The fraction of sp³-hybridized carbons (Fsp3) is 0.417. The van der Waals surface area contributed by atoms with Gasteiger partial charge in [-0.1, -0.05) is 18.2 Å². The number of carbonyl (C=O) groups excluding carboxylic acids is 1. The molecule has 1 N–H and O–H groups in total. The zero-order valence-corrected chi connectivity index (χ0v) is 9.31. The fourth-order valence-corrected chi connectivity index (χ4v) is 2.14. The molecule has 0 aliphatic heterocycles. The van der Waals surface area contributed by atoms with E-state index < -0.39 is 5.37 Å². The molecule has 1 amide bonds.